The van der Waals surface area contributed by atoms with Gasteiger partial charge in [-0.15, -0.1) is 0 Å². The number of aryl methyl sites for hydroxylation is 1. The Morgan fingerprint density at radius 1 is 1.47 bits per heavy atom. The summed E-state index contributed by atoms with van der Waals surface area (Å²) in [4.78, 5) is 7.72. The predicted molar refractivity (Wildman–Crippen MR) is 63.0 cm³/mol. The van der Waals surface area contributed by atoms with Gasteiger partial charge in [-0.1, -0.05) is 6.92 Å². The van der Waals surface area contributed by atoms with Crippen molar-refractivity contribution in [2.24, 2.45) is 5.73 Å². The lowest BCUT2D eigenvalue weighted by atomic mass is 10.3. The fourth-order valence-corrected chi connectivity index (χ4v) is 1.56. The zero-order valence-corrected chi connectivity index (χ0v) is 8.88. The van der Waals surface area contributed by atoms with Crippen LogP contribution in [0.3, 0.4) is 0 Å². The zero-order valence-electron chi connectivity index (χ0n) is 8.88. The number of aromatic nitrogens is 2. The number of imidazole rings is 1. The van der Waals surface area contributed by atoms with Gasteiger partial charge < -0.3 is 16.0 Å². The molecule has 1 aromatic carbocycles. The highest BCUT2D eigenvalue weighted by molar-refractivity contribution is 5.79. The second-order valence-corrected chi connectivity index (χ2v) is 3.48. The van der Waals surface area contributed by atoms with Crippen molar-refractivity contribution in [1.82, 2.24) is 9.97 Å². The number of nitrogens with one attached hydrogen (secondary N) is 2. The molecule has 4 heteroatoms. The first kappa shape index (κ1) is 9.98. The van der Waals surface area contributed by atoms with Crippen LogP contribution in [0.5, 0.6) is 0 Å². The summed E-state index contributed by atoms with van der Waals surface area (Å²) in [6, 6.07) is 6.11. The molecule has 0 atom stereocenters. The van der Waals surface area contributed by atoms with Gasteiger partial charge >= 0.3 is 0 Å². The molecule has 4 nitrogen and oxygen atoms in total. The molecule has 0 aliphatic carbocycles. The van der Waals surface area contributed by atoms with E-state index in [1.807, 2.05) is 12.1 Å². The number of nitrogens with two attached hydrogens (primary N) is 1. The number of benzene rings is 1. The van der Waals surface area contributed by atoms with Gasteiger partial charge in [0.25, 0.3) is 0 Å². The van der Waals surface area contributed by atoms with Crippen LogP contribution < -0.4 is 11.1 Å². The molecule has 0 saturated carbocycles. The number of aromatic amines is 1. The monoisotopic (exact) mass is 204 g/mol. The van der Waals surface area contributed by atoms with E-state index in [1.165, 1.54) is 0 Å². The number of hydrogen-bond acceptors (Lipinski definition) is 3. The number of fused-ring (bicyclic) bond motifs is 1. The topological polar surface area (TPSA) is 66.7 Å². The fourth-order valence-electron chi connectivity index (χ4n) is 1.56. The van der Waals surface area contributed by atoms with E-state index < -0.39 is 0 Å². The summed E-state index contributed by atoms with van der Waals surface area (Å²) in [5.41, 5.74) is 8.61. The van der Waals surface area contributed by atoms with Crippen LogP contribution in [0.25, 0.3) is 11.0 Å². The second-order valence-electron chi connectivity index (χ2n) is 3.48. The Labute approximate surface area is 88.9 Å². The lowest BCUT2D eigenvalue weighted by molar-refractivity contribution is 1.00. The van der Waals surface area contributed by atoms with Gasteiger partial charge in [0.15, 0.2) is 0 Å². The number of hydrogen-bond donors (Lipinski definition) is 3. The molecule has 2 aromatic rings. The van der Waals surface area contributed by atoms with Crippen LogP contribution >= 0.6 is 0 Å². The van der Waals surface area contributed by atoms with Gasteiger partial charge in [0.2, 0.25) is 0 Å². The number of rotatable bonds is 4. The Balaban J connectivity index is 2.29. The molecule has 80 valence electrons. The van der Waals surface area contributed by atoms with E-state index in [0.29, 0.717) is 6.54 Å². The van der Waals surface area contributed by atoms with E-state index in [1.54, 1.807) is 0 Å². The molecule has 1 heterocycles. The Bertz CT molecular complexity index is 447. The van der Waals surface area contributed by atoms with Gasteiger partial charge in [0, 0.05) is 25.2 Å². The maximum absolute atomic E-state index is 5.43. The van der Waals surface area contributed by atoms with E-state index in [0.717, 1.165) is 35.5 Å². The standard InChI is InChI=1S/C11H16N4/c1-2-11-14-9-4-3-8(13-6-5-12)7-10(9)15-11/h3-4,7,13H,2,5-6,12H2,1H3,(H,14,15). The Kier molecular flexibility index (Phi) is 2.87. The Morgan fingerprint density at radius 3 is 3.07 bits per heavy atom. The normalized spacial score (nSPS) is 10.8. The first-order valence-corrected chi connectivity index (χ1v) is 5.26. The van der Waals surface area contributed by atoms with Crippen LogP contribution in [0, 0.1) is 0 Å². The van der Waals surface area contributed by atoms with Gasteiger partial charge in [0.1, 0.15) is 5.82 Å². The van der Waals surface area contributed by atoms with Crippen LogP contribution in [0.1, 0.15) is 12.7 Å². The molecule has 0 spiro atoms. The lowest BCUT2D eigenvalue weighted by Crippen LogP contribution is -2.12. The van der Waals surface area contributed by atoms with E-state index in [4.69, 9.17) is 5.73 Å². The summed E-state index contributed by atoms with van der Waals surface area (Å²) in [6.07, 6.45) is 0.931. The summed E-state index contributed by atoms with van der Waals surface area (Å²) in [7, 11) is 0. The van der Waals surface area contributed by atoms with E-state index >= 15 is 0 Å². The molecule has 0 fully saturated rings. The van der Waals surface area contributed by atoms with E-state index in [-0.39, 0.29) is 0 Å². The van der Waals surface area contributed by atoms with Gasteiger partial charge in [-0.2, -0.15) is 0 Å². The molecule has 4 N–H and O–H groups in total. The van der Waals surface area contributed by atoms with Crippen molar-refractivity contribution in [3.63, 3.8) is 0 Å². The fraction of sp³-hybridized carbons (Fsp3) is 0.364. The first-order chi connectivity index (χ1) is 7.33. The SMILES string of the molecule is CCc1nc2ccc(NCCN)cc2[nH]1. The highest BCUT2D eigenvalue weighted by Crippen LogP contribution is 2.17. The summed E-state index contributed by atoms with van der Waals surface area (Å²) >= 11 is 0. The molecular formula is C11H16N4. The van der Waals surface area contributed by atoms with Gasteiger partial charge in [-0.05, 0) is 18.2 Å². The zero-order chi connectivity index (χ0) is 10.7. The maximum Gasteiger partial charge on any atom is 0.106 e. The molecule has 0 amide bonds. The van der Waals surface area contributed by atoms with Crippen LogP contribution in [0.2, 0.25) is 0 Å². The molecule has 0 radical (unpaired) electrons. The summed E-state index contributed by atoms with van der Waals surface area (Å²) in [5.74, 6) is 1.03. The summed E-state index contributed by atoms with van der Waals surface area (Å²) in [5, 5.41) is 3.24. The first-order valence-electron chi connectivity index (χ1n) is 5.26. The third-order valence-corrected chi connectivity index (χ3v) is 2.34. The second kappa shape index (κ2) is 4.31. The molecule has 2 rings (SSSR count). The largest absolute Gasteiger partial charge is 0.384 e. The third kappa shape index (κ3) is 2.10. The van der Waals surface area contributed by atoms with E-state index in [2.05, 4.69) is 28.3 Å². The lowest BCUT2D eigenvalue weighted by Gasteiger charge is -2.03. The van der Waals surface area contributed by atoms with Crippen LogP contribution in [-0.4, -0.2) is 23.1 Å². The summed E-state index contributed by atoms with van der Waals surface area (Å²) in [6.45, 7) is 3.52. The molecule has 0 unspecified atom stereocenters. The third-order valence-electron chi connectivity index (χ3n) is 2.34. The highest BCUT2D eigenvalue weighted by Gasteiger charge is 2.01. The van der Waals surface area contributed by atoms with Crippen molar-refractivity contribution in [3.05, 3.63) is 24.0 Å². The maximum atomic E-state index is 5.43. The van der Waals surface area contributed by atoms with Crippen molar-refractivity contribution in [3.8, 4) is 0 Å². The minimum atomic E-state index is 0.640. The quantitative estimate of drug-likeness (QED) is 0.707. The average Bonchev–Trinajstić information content (AvgIpc) is 2.68. The van der Waals surface area contributed by atoms with Gasteiger partial charge in [0.05, 0.1) is 11.0 Å². The summed E-state index contributed by atoms with van der Waals surface area (Å²) < 4.78 is 0. The minimum Gasteiger partial charge on any atom is -0.384 e. The van der Waals surface area contributed by atoms with Gasteiger partial charge in [-0.25, -0.2) is 4.98 Å². The minimum absolute atomic E-state index is 0.640. The van der Waals surface area contributed by atoms with Crippen molar-refractivity contribution in [2.75, 3.05) is 18.4 Å². The van der Waals surface area contributed by atoms with Gasteiger partial charge in [-0.3, -0.25) is 0 Å². The van der Waals surface area contributed by atoms with Crippen molar-refractivity contribution in [1.29, 1.82) is 0 Å². The van der Waals surface area contributed by atoms with Crippen LogP contribution in [0.4, 0.5) is 5.69 Å². The smallest absolute Gasteiger partial charge is 0.106 e. The molecule has 0 aliphatic heterocycles. The molecule has 0 bridgehead atoms. The molecule has 0 aliphatic rings. The van der Waals surface area contributed by atoms with Crippen LogP contribution in [0.15, 0.2) is 18.2 Å². The van der Waals surface area contributed by atoms with E-state index in [9.17, 15) is 0 Å². The average molecular weight is 204 g/mol. The molecule has 1 aromatic heterocycles. The molecule has 0 saturated heterocycles. The predicted octanol–water partition coefficient (Wildman–Crippen LogP) is 1.50. The van der Waals surface area contributed by atoms with Crippen LogP contribution in [-0.2, 0) is 6.42 Å². The highest BCUT2D eigenvalue weighted by atomic mass is 14.9. The van der Waals surface area contributed by atoms with Crippen molar-refractivity contribution < 1.29 is 0 Å². The molecule has 15 heavy (non-hydrogen) atoms. The molecular weight excluding hydrogens is 188 g/mol. The Hall–Kier alpha value is -1.55. The van der Waals surface area contributed by atoms with Crippen molar-refractivity contribution >= 4 is 16.7 Å². The number of H-pyrrole nitrogens is 1. The number of nitrogens with zero attached hydrogens (tertiary/aromatic N) is 1. The van der Waals surface area contributed by atoms with Crippen molar-refractivity contribution in [2.45, 2.75) is 13.3 Å². The number of anilines is 1. The Morgan fingerprint density at radius 2 is 2.33 bits per heavy atom.